The first-order valence-corrected chi connectivity index (χ1v) is 9.36. The second-order valence-corrected chi connectivity index (χ2v) is 8.46. The smallest absolute Gasteiger partial charge is 0.305 e. The Kier molecular flexibility index (Phi) is 5.23. The van der Waals surface area contributed by atoms with Crippen molar-refractivity contribution in [3.05, 3.63) is 34.3 Å². The van der Waals surface area contributed by atoms with E-state index in [1.54, 1.807) is 24.3 Å². The Balaban J connectivity index is 2.13. The number of sulfone groups is 1. The average Bonchev–Trinajstić information content (AvgIpc) is 2.78. The molecule has 1 heterocycles. The van der Waals surface area contributed by atoms with E-state index in [-0.39, 0.29) is 24.3 Å². The first kappa shape index (κ1) is 17.0. The highest BCUT2D eigenvalue weighted by Gasteiger charge is 2.34. The van der Waals surface area contributed by atoms with Gasteiger partial charge >= 0.3 is 5.97 Å². The fourth-order valence-electron chi connectivity index (χ4n) is 2.44. The molecule has 1 fully saturated rings. The van der Waals surface area contributed by atoms with E-state index in [2.05, 4.69) is 21.2 Å². The van der Waals surface area contributed by atoms with E-state index in [0.717, 1.165) is 4.47 Å². The van der Waals surface area contributed by atoms with Gasteiger partial charge in [-0.05, 0) is 24.1 Å². The highest BCUT2D eigenvalue weighted by atomic mass is 79.9. The molecule has 1 aliphatic rings. The molecule has 22 heavy (non-hydrogen) atoms. The van der Waals surface area contributed by atoms with Crippen molar-refractivity contribution >= 4 is 37.6 Å². The molecule has 8 heteroatoms. The quantitative estimate of drug-likeness (QED) is 0.794. The van der Waals surface area contributed by atoms with Crippen molar-refractivity contribution < 1.29 is 23.1 Å². The maximum absolute atomic E-state index is 12.2. The summed E-state index contributed by atoms with van der Waals surface area (Å²) in [7, 11) is -3.16. The summed E-state index contributed by atoms with van der Waals surface area (Å²) in [6.45, 7) is 0. The molecular weight excluding hydrogens is 374 g/mol. The van der Waals surface area contributed by atoms with Crippen molar-refractivity contribution in [1.29, 1.82) is 0 Å². The van der Waals surface area contributed by atoms with Crippen LogP contribution >= 0.6 is 15.9 Å². The summed E-state index contributed by atoms with van der Waals surface area (Å²) in [6, 6.07) is 6.32. The van der Waals surface area contributed by atoms with Gasteiger partial charge in [0.05, 0.1) is 29.9 Å². The van der Waals surface area contributed by atoms with Crippen molar-refractivity contribution in [2.75, 3.05) is 11.5 Å². The van der Waals surface area contributed by atoms with Crippen LogP contribution in [0.5, 0.6) is 0 Å². The molecule has 1 amide bonds. The highest BCUT2D eigenvalue weighted by molar-refractivity contribution is 9.10. The van der Waals surface area contributed by atoms with Gasteiger partial charge in [0.15, 0.2) is 9.84 Å². The van der Waals surface area contributed by atoms with Gasteiger partial charge in [-0.15, -0.1) is 0 Å². The molecule has 1 aromatic carbocycles. The fourth-order valence-corrected chi connectivity index (χ4v) is 4.60. The van der Waals surface area contributed by atoms with E-state index in [1.165, 1.54) is 0 Å². The van der Waals surface area contributed by atoms with Crippen LogP contribution in [-0.4, -0.2) is 36.9 Å². The third-order valence-electron chi connectivity index (χ3n) is 3.55. The van der Waals surface area contributed by atoms with Gasteiger partial charge < -0.3 is 10.4 Å². The van der Waals surface area contributed by atoms with Crippen molar-refractivity contribution in [3.63, 3.8) is 0 Å². The minimum Gasteiger partial charge on any atom is -0.481 e. The number of halogens is 1. The number of carboxylic acids is 1. The lowest BCUT2D eigenvalue weighted by molar-refractivity contribution is -0.137. The summed E-state index contributed by atoms with van der Waals surface area (Å²) in [5, 5.41) is 11.7. The van der Waals surface area contributed by atoms with Gasteiger partial charge in [-0.1, -0.05) is 28.1 Å². The summed E-state index contributed by atoms with van der Waals surface area (Å²) in [4.78, 5) is 23.2. The number of carboxylic acid groups (broad SMARTS) is 1. The van der Waals surface area contributed by atoms with E-state index in [9.17, 15) is 18.0 Å². The summed E-state index contributed by atoms with van der Waals surface area (Å²) < 4.78 is 23.7. The van der Waals surface area contributed by atoms with Crippen LogP contribution in [0.1, 0.15) is 24.4 Å². The third kappa shape index (κ3) is 4.54. The van der Waals surface area contributed by atoms with E-state index >= 15 is 0 Å². The zero-order chi connectivity index (χ0) is 16.3. The number of rotatable bonds is 5. The molecule has 0 aromatic heterocycles. The maximum atomic E-state index is 12.2. The molecule has 2 unspecified atom stereocenters. The van der Waals surface area contributed by atoms with Crippen LogP contribution in [0.25, 0.3) is 0 Å². The van der Waals surface area contributed by atoms with Crippen LogP contribution in [0.2, 0.25) is 0 Å². The first-order valence-electron chi connectivity index (χ1n) is 6.75. The van der Waals surface area contributed by atoms with Gasteiger partial charge in [0.25, 0.3) is 0 Å². The molecule has 0 saturated carbocycles. The van der Waals surface area contributed by atoms with Gasteiger partial charge in [0.2, 0.25) is 5.91 Å². The van der Waals surface area contributed by atoms with Gasteiger partial charge in [-0.2, -0.15) is 0 Å². The predicted octanol–water partition coefficient (Wildman–Crippen LogP) is 1.52. The SMILES string of the molecule is O=C(O)CC(NC(=O)C1CCS(=O)(=O)C1)c1cccc(Br)c1. The largest absolute Gasteiger partial charge is 0.481 e. The summed E-state index contributed by atoms with van der Waals surface area (Å²) in [5.41, 5.74) is 0.658. The minimum absolute atomic E-state index is 0.00552. The van der Waals surface area contributed by atoms with Crippen LogP contribution < -0.4 is 5.32 Å². The third-order valence-corrected chi connectivity index (χ3v) is 5.81. The molecular formula is C14H16BrNO5S. The van der Waals surface area contributed by atoms with E-state index in [4.69, 9.17) is 5.11 Å². The molecule has 1 saturated heterocycles. The molecule has 2 atom stereocenters. The molecule has 0 aliphatic carbocycles. The molecule has 120 valence electrons. The molecule has 0 radical (unpaired) electrons. The van der Waals surface area contributed by atoms with Gasteiger partial charge in [0.1, 0.15) is 0 Å². The first-order chi connectivity index (χ1) is 10.3. The van der Waals surface area contributed by atoms with Gasteiger partial charge in [-0.3, -0.25) is 9.59 Å². The molecule has 0 bridgehead atoms. The van der Waals surface area contributed by atoms with E-state index < -0.39 is 33.7 Å². The lowest BCUT2D eigenvalue weighted by atomic mass is 10.0. The predicted molar refractivity (Wildman–Crippen MR) is 84.0 cm³/mol. The summed E-state index contributed by atoms with van der Waals surface area (Å²) in [5.74, 6) is -2.21. The maximum Gasteiger partial charge on any atom is 0.305 e. The van der Waals surface area contributed by atoms with Gasteiger partial charge in [0, 0.05) is 4.47 Å². The van der Waals surface area contributed by atoms with Crippen molar-refractivity contribution in [1.82, 2.24) is 5.32 Å². The van der Waals surface area contributed by atoms with Crippen LogP contribution in [0.4, 0.5) is 0 Å². The molecule has 1 aromatic rings. The molecule has 1 aliphatic heterocycles. The van der Waals surface area contributed by atoms with E-state index in [1.807, 2.05) is 0 Å². The fraction of sp³-hybridized carbons (Fsp3) is 0.429. The number of hydrogen-bond donors (Lipinski definition) is 2. The normalized spacial score (nSPS) is 21.2. The zero-order valence-electron chi connectivity index (χ0n) is 11.7. The highest BCUT2D eigenvalue weighted by Crippen LogP contribution is 2.24. The van der Waals surface area contributed by atoms with Crippen molar-refractivity contribution in [2.45, 2.75) is 18.9 Å². The Bertz CT molecular complexity index is 688. The van der Waals surface area contributed by atoms with Crippen molar-refractivity contribution in [3.8, 4) is 0 Å². The van der Waals surface area contributed by atoms with Crippen LogP contribution in [-0.2, 0) is 19.4 Å². The summed E-state index contributed by atoms with van der Waals surface area (Å²) in [6.07, 6.45) is 0.0219. The summed E-state index contributed by atoms with van der Waals surface area (Å²) >= 11 is 3.30. The Morgan fingerprint density at radius 1 is 1.41 bits per heavy atom. The number of carbonyl (C=O) groups is 2. The van der Waals surface area contributed by atoms with Crippen molar-refractivity contribution in [2.24, 2.45) is 5.92 Å². The topological polar surface area (TPSA) is 101 Å². The molecule has 2 N–H and O–H groups in total. The molecule has 2 rings (SSSR count). The minimum atomic E-state index is -3.16. The van der Waals surface area contributed by atoms with Crippen LogP contribution in [0.15, 0.2) is 28.7 Å². The standard InChI is InChI=1S/C14H16BrNO5S/c15-11-3-1-2-9(6-11)12(7-13(17)18)16-14(19)10-4-5-22(20,21)8-10/h1-3,6,10,12H,4-5,7-8H2,(H,16,19)(H,17,18). The number of amides is 1. The second-order valence-electron chi connectivity index (χ2n) is 5.31. The number of benzene rings is 1. The molecule has 6 nitrogen and oxygen atoms in total. The Hall–Kier alpha value is -1.41. The Labute approximate surface area is 137 Å². The molecule has 0 spiro atoms. The average molecular weight is 390 g/mol. The van der Waals surface area contributed by atoms with E-state index in [0.29, 0.717) is 5.56 Å². The Morgan fingerprint density at radius 3 is 2.68 bits per heavy atom. The van der Waals surface area contributed by atoms with Gasteiger partial charge in [-0.25, -0.2) is 8.42 Å². The number of aliphatic carboxylic acids is 1. The monoisotopic (exact) mass is 389 g/mol. The number of hydrogen-bond acceptors (Lipinski definition) is 4. The second kappa shape index (κ2) is 6.78. The lowest BCUT2D eigenvalue weighted by Gasteiger charge is -2.19. The lowest BCUT2D eigenvalue weighted by Crippen LogP contribution is -2.35. The van der Waals surface area contributed by atoms with Crippen LogP contribution in [0, 0.1) is 5.92 Å². The zero-order valence-corrected chi connectivity index (χ0v) is 14.1. The Morgan fingerprint density at radius 2 is 2.14 bits per heavy atom. The van der Waals surface area contributed by atoms with Crippen LogP contribution in [0.3, 0.4) is 0 Å². The number of nitrogens with one attached hydrogen (secondary N) is 1. The number of carbonyl (C=O) groups excluding carboxylic acids is 1.